The van der Waals surface area contributed by atoms with Crippen molar-refractivity contribution in [3.8, 4) is 5.69 Å². The Labute approximate surface area is 165 Å². The van der Waals surface area contributed by atoms with Crippen LogP contribution in [-0.2, 0) is 4.79 Å². The molecule has 1 amide bonds. The van der Waals surface area contributed by atoms with Crippen LogP contribution in [0.1, 0.15) is 27.6 Å². The lowest BCUT2D eigenvalue weighted by Crippen LogP contribution is -2.15. The molecule has 0 fully saturated rings. The van der Waals surface area contributed by atoms with Crippen LogP contribution in [0.2, 0.25) is 0 Å². The monoisotopic (exact) mass is 427 g/mol. The fraction of sp³-hybridized carbons (Fsp3) is 0.200. The minimum atomic E-state index is 0.00382. The first-order valence-electron chi connectivity index (χ1n) is 8.36. The molecule has 1 aliphatic heterocycles. The second-order valence-corrected chi connectivity index (χ2v) is 8.39. The molecule has 1 aliphatic rings. The first-order valence-corrected chi connectivity index (χ1v) is 10.2. The van der Waals surface area contributed by atoms with Crippen molar-refractivity contribution in [3.05, 3.63) is 75.4 Å². The molecule has 1 aromatic heterocycles. The average molecular weight is 428 g/mol. The molecule has 0 spiro atoms. The number of rotatable bonds is 2. The van der Waals surface area contributed by atoms with E-state index in [1.807, 2.05) is 35.9 Å². The maximum Gasteiger partial charge on any atom is 0.235 e. The summed E-state index contributed by atoms with van der Waals surface area (Å²) in [6.07, 6.45) is 0. The zero-order valence-electron chi connectivity index (χ0n) is 14.5. The summed E-state index contributed by atoms with van der Waals surface area (Å²) in [5.41, 5.74) is 5.31. The highest BCUT2D eigenvalue weighted by Crippen LogP contribution is 2.43. The van der Waals surface area contributed by atoms with Gasteiger partial charge in [-0.2, -0.15) is 5.10 Å². The third-order valence-electron chi connectivity index (χ3n) is 4.46. The summed E-state index contributed by atoms with van der Waals surface area (Å²) in [6.45, 7) is 4.06. The Morgan fingerprint density at radius 2 is 1.81 bits per heavy atom. The minimum absolute atomic E-state index is 0.00382. The molecule has 1 atom stereocenters. The topological polar surface area (TPSA) is 46.9 Å². The molecule has 26 heavy (non-hydrogen) atoms. The minimum Gasteiger partial charge on any atom is -0.310 e. The summed E-state index contributed by atoms with van der Waals surface area (Å²) in [5.74, 6) is 1.20. The number of benzene rings is 2. The number of aryl methyl sites for hydroxylation is 2. The molecular formula is C20H18BrN3OS. The number of fused-ring (bicyclic) bond motifs is 1. The van der Waals surface area contributed by atoms with Crippen LogP contribution >= 0.6 is 27.7 Å². The van der Waals surface area contributed by atoms with Gasteiger partial charge in [0.25, 0.3) is 0 Å². The summed E-state index contributed by atoms with van der Waals surface area (Å²) in [4.78, 5) is 12.3. The fourth-order valence-corrected chi connectivity index (χ4v) is 4.61. The largest absolute Gasteiger partial charge is 0.310 e. The number of aromatic nitrogens is 2. The van der Waals surface area contributed by atoms with E-state index >= 15 is 0 Å². The average Bonchev–Trinajstić information content (AvgIpc) is 2.83. The molecule has 1 N–H and O–H groups in total. The third kappa shape index (κ3) is 3.19. The Kier molecular flexibility index (Phi) is 4.63. The molecule has 2 aromatic carbocycles. The second-order valence-electron chi connectivity index (χ2n) is 6.39. The van der Waals surface area contributed by atoms with Crippen molar-refractivity contribution >= 4 is 39.4 Å². The Balaban J connectivity index is 1.87. The van der Waals surface area contributed by atoms with E-state index in [2.05, 4.69) is 52.4 Å². The summed E-state index contributed by atoms with van der Waals surface area (Å²) >= 11 is 5.13. The van der Waals surface area contributed by atoms with Crippen molar-refractivity contribution in [3.63, 3.8) is 0 Å². The number of nitrogens with zero attached hydrogens (tertiary/aromatic N) is 2. The van der Waals surface area contributed by atoms with Gasteiger partial charge in [0.15, 0.2) is 0 Å². The third-order valence-corrected chi connectivity index (χ3v) is 6.26. The highest BCUT2D eigenvalue weighted by molar-refractivity contribution is 9.10. The smallest absolute Gasteiger partial charge is 0.235 e. The molecular weight excluding hydrogens is 410 g/mol. The van der Waals surface area contributed by atoms with Gasteiger partial charge in [-0.15, -0.1) is 11.8 Å². The van der Waals surface area contributed by atoms with Crippen LogP contribution < -0.4 is 5.32 Å². The van der Waals surface area contributed by atoms with E-state index in [9.17, 15) is 4.79 Å². The lowest BCUT2D eigenvalue weighted by atomic mass is 10.0. The Morgan fingerprint density at radius 1 is 1.12 bits per heavy atom. The SMILES string of the molecule is Cc1ccc(-n2nc(C)c3c2NC(=O)CSC3c2ccc(Br)cc2)cc1. The molecule has 0 aliphatic carbocycles. The number of anilines is 1. The van der Waals surface area contributed by atoms with Crippen LogP contribution in [0.3, 0.4) is 0 Å². The van der Waals surface area contributed by atoms with Crippen molar-refractivity contribution < 1.29 is 4.79 Å². The summed E-state index contributed by atoms with van der Waals surface area (Å²) in [6, 6.07) is 16.4. The highest BCUT2D eigenvalue weighted by atomic mass is 79.9. The molecule has 0 saturated heterocycles. The van der Waals surface area contributed by atoms with Crippen LogP contribution in [0, 0.1) is 13.8 Å². The van der Waals surface area contributed by atoms with Gasteiger partial charge >= 0.3 is 0 Å². The number of thioether (sulfide) groups is 1. The van der Waals surface area contributed by atoms with Gasteiger partial charge in [0.2, 0.25) is 5.91 Å². The molecule has 6 heteroatoms. The first kappa shape index (κ1) is 17.4. The fourth-order valence-electron chi connectivity index (χ4n) is 3.16. The van der Waals surface area contributed by atoms with Crippen LogP contribution in [0.25, 0.3) is 5.69 Å². The highest BCUT2D eigenvalue weighted by Gasteiger charge is 2.30. The van der Waals surface area contributed by atoms with E-state index in [0.717, 1.165) is 27.2 Å². The molecule has 132 valence electrons. The number of nitrogens with one attached hydrogen (secondary N) is 1. The number of amides is 1. The second kappa shape index (κ2) is 6.93. The van der Waals surface area contributed by atoms with Crippen LogP contribution in [0.5, 0.6) is 0 Å². The first-order chi connectivity index (χ1) is 12.5. The zero-order chi connectivity index (χ0) is 18.3. The van der Waals surface area contributed by atoms with Crippen molar-refractivity contribution in [1.82, 2.24) is 9.78 Å². The van der Waals surface area contributed by atoms with E-state index in [0.29, 0.717) is 5.75 Å². The lowest BCUT2D eigenvalue weighted by Gasteiger charge is -2.15. The van der Waals surface area contributed by atoms with E-state index in [1.165, 1.54) is 11.1 Å². The summed E-state index contributed by atoms with van der Waals surface area (Å²) < 4.78 is 2.89. The Bertz CT molecular complexity index is 964. The van der Waals surface area contributed by atoms with Gasteiger partial charge in [-0.05, 0) is 43.7 Å². The quantitative estimate of drug-likeness (QED) is 0.623. The molecule has 2 heterocycles. The zero-order valence-corrected chi connectivity index (χ0v) is 16.9. The van der Waals surface area contributed by atoms with Crippen LogP contribution in [0.15, 0.2) is 53.0 Å². The predicted molar refractivity (Wildman–Crippen MR) is 110 cm³/mol. The van der Waals surface area contributed by atoms with Crippen molar-refractivity contribution in [2.24, 2.45) is 0 Å². The number of carbonyl (C=O) groups excluding carboxylic acids is 1. The van der Waals surface area contributed by atoms with E-state index < -0.39 is 0 Å². The standard InChI is InChI=1S/C20H18BrN3OS/c1-12-3-9-16(10-4-12)24-20-18(13(2)23-24)19(26-11-17(25)22-20)14-5-7-15(21)8-6-14/h3-10,19H,11H2,1-2H3,(H,22,25). The van der Waals surface area contributed by atoms with E-state index in [4.69, 9.17) is 5.10 Å². The van der Waals surface area contributed by atoms with Crippen molar-refractivity contribution in [2.75, 3.05) is 11.1 Å². The van der Waals surface area contributed by atoms with Crippen LogP contribution in [0.4, 0.5) is 5.82 Å². The lowest BCUT2D eigenvalue weighted by molar-refractivity contribution is -0.113. The molecule has 0 saturated carbocycles. The van der Waals surface area contributed by atoms with Gasteiger partial charge in [-0.3, -0.25) is 4.79 Å². The number of carbonyl (C=O) groups is 1. The molecule has 0 bridgehead atoms. The number of hydrogen-bond donors (Lipinski definition) is 1. The molecule has 0 radical (unpaired) electrons. The molecule has 3 aromatic rings. The van der Waals surface area contributed by atoms with Gasteiger partial charge < -0.3 is 5.32 Å². The summed E-state index contributed by atoms with van der Waals surface area (Å²) in [5, 5.41) is 7.87. The number of hydrogen-bond acceptors (Lipinski definition) is 3. The van der Waals surface area contributed by atoms with Gasteiger partial charge in [0.05, 0.1) is 22.4 Å². The van der Waals surface area contributed by atoms with Gasteiger partial charge in [-0.1, -0.05) is 45.8 Å². The van der Waals surface area contributed by atoms with Gasteiger partial charge in [-0.25, -0.2) is 4.68 Å². The van der Waals surface area contributed by atoms with Gasteiger partial charge in [0, 0.05) is 10.0 Å². The maximum atomic E-state index is 12.3. The van der Waals surface area contributed by atoms with Gasteiger partial charge in [0.1, 0.15) is 5.82 Å². The Hall–Kier alpha value is -2.05. The molecule has 1 unspecified atom stereocenters. The number of halogens is 1. The van der Waals surface area contributed by atoms with Crippen LogP contribution in [-0.4, -0.2) is 21.4 Å². The summed E-state index contributed by atoms with van der Waals surface area (Å²) in [7, 11) is 0. The predicted octanol–water partition coefficient (Wildman–Crippen LogP) is 5.03. The van der Waals surface area contributed by atoms with Crippen molar-refractivity contribution in [1.29, 1.82) is 0 Å². The van der Waals surface area contributed by atoms with Crippen molar-refractivity contribution in [2.45, 2.75) is 19.1 Å². The Morgan fingerprint density at radius 3 is 2.50 bits per heavy atom. The maximum absolute atomic E-state index is 12.3. The molecule has 4 rings (SSSR count). The normalized spacial score (nSPS) is 16.7. The van der Waals surface area contributed by atoms with E-state index in [1.54, 1.807) is 11.8 Å². The van der Waals surface area contributed by atoms with E-state index in [-0.39, 0.29) is 11.2 Å². The molecule has 4 nitrogen and oxygen atoms in total.